The number of quaternary nitrogens is 2. The predicted octanol–water partition coefficient (Wildman–Crippen LogP) is -1.86. The molecule has 2 fully saturated rings. The Balaban J connectivity index is 1.57. The maximum atomic E-state index is 15.0. The second-order valence-corrected chi connectivity index (χ2v) is 8.79. The molecule has 1 amide bonds. The first-order chi connectivity index (χ1) is 15.5. The number of aromatic nitrogens is 1. The molecule has 8 nitrogen and oxygen atoms in total. The van der Waals surface area contributed by atoms with Crippen LogP contribution in [0.5, 0.6) is 0 Å². The summed E-state index contributed by atoms with van der Waals surface area (Å²) in [5.41, 5.74) is 0.827. The lowest BCUT2D eigenvalue weighted by molar-refractivity contribution is -0.906. The van der Waals surface area contributed by atoms with Gasteiger partial charge in [0.15, 0.2) is 0 Å². The van der Waals surface area contributed by atoms with Crippen LogP contribution in [0.25, 0.3) is 10.9 Å². The van der Waals surface area contributed by atoms with Gasteiger partial charge in [0.2, 0.25) is 5.43 Å². The van der Waals surface area contributed by atoms with E-state index in [4.69, 9.17) is 4.74 Å². The first-order valence-electron chi connectivity index (χ1n) is 11.6. The highest BCUT2D eigenvalue weighted by molar-refractivity contribution is 5.97. The van der Waals surface area contributed by atoms with Crippen LogP contribution in [0, 0.1) is 5.82 Å². The molecule has 0 aliphatic carbocycles. The predicted molar refractivity (Wildman–Crippen MR) is 121 cm³/mol. The summed E-state index contributed by atoms with van der Waals surface area (Å²) in [5.74, 6) is -0.816. The molecule has 0 atom stereocenters. The van der Waals surface area contributed by atoms with E-state index in [1.807, 2.05) is 16.4 Å². The summed E-state index contributed by atoms with van der Waals surface area (Å²) in [6.07, 6.45) is 1.61. The second kappa shape index (κ2) is 9.97. The number of anilines is 1. The minimum atomic E-state index is -0.422. The summed E-state index contributed by atoms with van der Waals surface area (Å²) < 4.78 is 22.3. The van der Waals surface area contributed by atoms with Crippen molar-refractivity contribution in [2.75, 3.05) is 77.5 Å². The fourth-order valence-electron chi connectivity index (χ4n) is 4.55. The normalized spacial score (nSPS) is 18.3. The summed E-state index contributed by atoms with van der Waals surface area (Å²) >= 11 is 0. The van der Waals surface area contributed by atoms with Gasteiger partial charge in [0.1, 0.15) is 24.5 Å². The third-order valence-electron chi connectivity index (χ3n) is 6.66. The van der Waals surface area contributed by atoms with E-state index < -0.39 is 17.2 Å². The molecule has 174 valence electrons. The molecule has 9 heteroatoms. The molecule has 2 aliphatic rings. The number of likely N-dealkylation sites (N-methyl/N-ethyl adjacent to an activating group) is 1. The monoisotopic (exact) mass is 447 g/mol. The van der Waals surface area contributed by atoms with E-state index in [2.05, 4.69) is 12.4 Å². The summed E-state index contributed by atoms with van der Waals surface area (Å²) in [7, 11) is 2.14. The SMILES string of the molecule is CCn1cc(C(=O)NCC[NH+]2CCOCC2)c(=O)c2cc(F)c(N3CC[NH+](C)CC3)cc21. The fourth-order valence-corrected chi connectivity index (χ4v) is 4.55. The van der Waals surface area contributed by atoms with Crippen molar-refractivity contribution in [2.45, 2.75) is 13.5 Å². The standard InChI is InChI=1S/C23H32FN5O3/c1-3-28-16-18(23(31)25-4-5-27-10-12-32-13-11-27)22(30)17-14-19(24)21(15-20(17)28)29-8-6-26(2)7-9-29/h14-16H,3-13H2,1-2H3,(H,25,31)/p+2. The van der Waals surface area contributed by atoms with E-state index in [-0.39, 0.29) is 10.9 Å². The lowest BCUT2D eigenvalue weighted by atomic mass is 10.1. The number of rotatable bonds is 6. The molecule has 0 radical (unpaired) electrons. The number of halogens is 1. The summed E-state index contributed by atoms with van der Waals surface area (Å²) in [4.78, 5) is 30.7. The molecule has 4 rings (SSSR count). The summed E-state index contributed by atoms with van der Waals surface area (Å²) in [5, 5.41) is 3.12. The highest BCUT2D eigenvalue weighted by atomic mass is 19.1. The maximum Gasteiger partial charge on any atom is 0.256 e. The van der Waals surface area contributed by atoms with Crippen LogP contribution in [-0.4, -0.2) is 83.1 Å². The molecule has 2 aromatic rings. The van der Waals surface area contributed by atoms with Gasteiger partial charge in [-0.2, -0.15) is 0 Å². The van der Waals surface area contributed by atoms with Crippen molar-refractivity contribution < 1.29 is 23.7 Å². The van der Waals surface area contributed by atoms with E-state index in [1.165, 1.54) is 15.9 Å². The number of benzene rings is 1. The Labute approximate surface area is 187 Å². The van der Waals surface area contributed by atoms with Gasteiger partial charge in [0, 0.05) is 18.1 Å². The van der Waals surface area contributed by atoms with Gasteiger partial charge in [0.25, 0.3) is 5.91 Å². The second-order valence-electron chi connectivity index (χ2n) is 8.79. The summed E-state index contributed by atoms with van der Waals surface area (Å²) in [6.45, 7) is 10.6. The third-order valence-corrected chi connectivity index (χ3v) is 6.66. The van der Waals surface area contributed by atoms with Crippen LogP contribution in [0.3, 0.4) is 0 Å². The molecule has 2 aliphatic heterocycles. The van der Waals surface area contributed by atoms with E-state index in [9.17, 15) is 9.59 Å². The molecule has 3 N–H and O–H groups in total. The number of morpholine rings is 1. The zero-order chi connectivity index (χ0) is 22.7. The summed E-state index contributed by atoms with van der Waals surface area (Å²) in [6, 6.07) is 3.07. The van der Waals surface area contributed by atoms with Crippen molar-refractivity contribution in [3.05, 3.63) is 39.9 Å². The Morgan fingerprint density at radius 3 is 2.59 bits per heavy atom. The number of carbonyl (C=O) groups excluding carboxylic acids is 1. The number of nitrogens with zero attached hydrogens (tertiary/aromatic N) is 2. The molecule has 3 heterocycles. The minimum absolute atomic E-state index is 0.0617. The topological polar surface area (TPSA) is 72.5 Å². The molecule has 1 aromatic carbocycles. The minimum Gasteiger partial charge on any atom is -0.370 e. The van der Waals surface area contributed by atoms with E-state index >= 15 is 4.39 Å². The number of fused-ring (bicyclic) bond motifs is 1. The van der Waals surface area contributed by atoms with Gasteiger partial charge in [-0.3, -0.25) is 9.59 Å². The number of aryl methyl sites for hydroxylation is 1. The number of nitrogens with one attached hydrogen (secondary N) is 3. The number of pyridine rings is 1. The molecular weight excluding hydrogens is 413 g/mol. The Morgan fingerprint density at radius 1 is 1.19 bits per heavy atom. The number of carbonyl (C=O) groups is 1. The molecule has 2 saturated heterocycles. The van der Waals surface area contributed by atoms with E-state index in [1.54, 1.807) is 12.3 Å². The maximum absolute atomic E-state index is 15.0. The van der Waals surface area contributed by atoms with Crippen molar-refractivity contribution >= 4 is 22.5 Å². The molecule has 0 bridgehead atoms. The van der Waals surface area contributed by atoms with Crippen molar-refractivity contribution in [3.63, 3.8) is 0 Å². The smallest absolute Gasteiger partial charge is 0.256 e. The quantitative estimate of drug-likeness (QED) is 0.486. The van der Waals surface area contributed by atoms with Crippen LogP contribution in [0.4, 0.5) is 10.1 Å². The van der Waals surface area contributed by atoms with Crippen LogP contribution in [0.15, 0.2) is 23.1 Å². The highest BCUT2D eigenvalue weighted by Gasteiger charge is 2.23. The average molecular weight is 448 g/mol. The third kappa shape index (κ3) is 4.79. The van der Waals surface area contributed by atoms with Gasteiger partial charge < -0.3 is 29.3 Å². The highest BCUT2D eigenvalue weighted by Crippen LogP contribution is 2.25. The number of ether oxygens (including phenoxy) is 1. The number of amides is 1. The lowest BCUT2D eigenvalue weighted by Gasteiger charge is -2.32. The Hall–Kier alpha value is -2.49. The van der Waals surface area contributed by atoms with Gasteiger partial charge >= 0.3 is 0 Å². The first kappa shape index (κ1) is 22.7. The first-order valence-corrected chi connectivity index (χ1v) is 11.6. The van der Waals surface area contributed by atoms with Crippen molar-refractivity contribution in [3.8, 4) is 0 Å². The van der Waals surface area contributed by atoms with Crippen LogP contribution < -0.4 is 25.4 Å². The zero-order valence-corrected chi connectivity index (χ0v) is 19.0. The van der Waals surface area contributed by atoms with E-state index in [0.29, 0.717) is 24.3 Å². The van der Waals surface area contributed by atoms with Gasteiger partial charge in [-0.05, 0) is 19.1 Å². The molecule has 0 spiro atoms. The van der Waals surface area contributed by atoms with Crippen molar-refractivity contribution in [1.29, 1.82) is 0 Å². The van der Waals surface area contributed by atoms with Gasteiger partial charge in [0.05, 0.1) is 70.7 Å². The molecule has 1 aromatic heterocycles. The molecular formula is C23H34FN5O3+2. The Kier molecular flexibility index (Phi) is 7.07. The van der Waals surface area contributed by atoms with E-state index in [0.717, 1.165) is 59.0 Å². The van der Waals surface area contributed by atoms with Gasteiger partial charge in [-0.1, -0.05) is 0 Å². The van der Waals surface area contributed by atoms with Crippen LogP contribution >= 0.6 is 0 Å². The van der Waals surface area contributed by atoms with Crippen molar-refractivity contribution in [1.82, 2.24) is 9.88 Å². The van der Waals surface area contributed by atoms with Crippen LogP contribution in [0.1, 0.15) is 17.3 Å². The fraction of sp³-hybridized carbons (Fsp3) is 0.565. The molecule has 32 heavy (non-hydrogen) atoms. The number of piperazine rings is 1. The van der Waals surface area contributed by atoms with Crippen molar-refractivity contribution in [2.24, 2.45) is 0 Å². The Morgan fingerprint density at radius 2 is 1.91 bits per heavy atom. The average Bonchev–Trinajstić information content (AvgIpc) is 2.80. The molecule has 0 saturated carbocycles. The number of hydrogen-bond donors (Lipinski definition) is 3. The zero-order valence-electron chi connectivity index (χ0n) is 19.0. The largest absolute Gasteiger partial charge is 0.370 e. The molecule has 0 unspecified atom stereocenters. The Bertz CT molecular complexity index is 1030. The lowest BCUT2D eigenvalue weighted by Crippen LogP contribution is -3.14. The van der Waals surface area contributed by atoms with Gasteiger partial charge in [-0.15, -0.1) is 0 Å². The van der Waals surface area contributed by atoms with Crippen LogP contribution in [-0.2, 0) is 11.3 Å². The number of hydrogen-bond acceptors (Lipinski definition) is 4. The van der Waals surface area contributed by atoms with Crippen LogP contribution in [0.2, 0.25) is 0 Å². The van der Waals surface area contributed by atoms with Gasteiger partial charge in [-0.25, -0.2) is 4.39 Å².